The van der Waals surface area contributed by atoms with Crippen molar-refractivity contribution in [2.45, 2.75) is 13.5 Å². The second-order valence-corrected chi connectivity index (χ2v) is 6.91. The van der Waals surface area contributed by atoms with E-state index in [2.05, 4.69) is 62.8 Å². The molecule has 1 aliphatic heterocycles. The zero-order valence-electron chi connectivity index (χ0n) is 15.1. The number of pyridine rings is 1. The van der Waals surface area contributed by atoms with Crippen LogP contribution in [0, 0.1) is 0 Å². The molecule has 0 atom stereocenters. The van der Waals surface area contributed by atoms with Gasteiger partial charge in [0, 0.05) is 51.2 Å². The van der Waals surface area contributed by atoms with Crippen molar-refractivity contribution >= 4 is 23.5 Å². The predicted octanol–water partition coefficient (Wildman–Crippen LogP) is 1.25. The molecule has 1 aromatic rings. The Morgan fingerprint density at radius 2 is 2.08 bits per heavy atom. The fraction of sp³-hybridized carbons (Fsp3) is 0.647. The molecule has 1 aliphatic rings. The number of piperazine rings is 1. The molecule has 2 N–H and O–H groups in total. The minimum Gasteiger partial charge on any atom is -0.357 e. The molecule has 0 unspecified atom stereocenters. The van der Waals surface area contributed by atoms with Gasteiger partial charge in [0.25, 0.3) is 0 Å². The topological polar surface area (TPSA) is 55.8 Å². The summed E-state index contributed by atoms with van der Waals surface area (Å²) in [6, 6.07) is 4.22. The fourth-order valence-electron chi connectivity index (χ4n) is 2.55. The number of aromatic nitrogens is 1. The van der Waals surface area contributed by atoms with Crippen LogP contribution in [0.1, 0.15) is 12.5 Å². The maximum Gasteiger partial charge on any atom is 0.191 e. The van der Waals surface area contributed by atoms with Crippen molar-refractivity contribution in [2.24, 2.45) is 4.99 Å². The number of anilines is 1. The van der Waals surface area contributed by atoms with E-state index in [-0.39, 0.29) is 0 Å². The summed E-state index contributed by atoms with van der Waals surface area (Å²) in [5.41, 5.74) is 1.20. The van der Waals surface area contributed by atoms with Crippen molar-refractivity contribution in [1.29, 1.82) is 0 Å². The molecule has 0 spiro atoms. The average Bonchev–Trinajstić information content (AvgIpc) is 2.61. The van der Waals surface area contributed by atoms with Crippen LogP contribution in [0.5, 0.6) is 0 Å². The van der Waals surface area contributed by atoms with Crippen LogP contribution in [0.15, 0.2) is 23.3 Å². The quantitative estimate of drug-likeness (QED) is 0.439. The lowest BCUT2D eigenvalue weighted by Crippen LogP contribution is -2.44. The van der Waals surface area contributed by atoms with Crippen molar-refractivity contribution in [3.63, 3.8) is 0 Å². The van der Waals surface area contributed by atoms with E-state index in [9.17, 15) is 0 Å². The Hall–Kier alpha value is -1.47. The molecule has 24 heavy (non-hydrogen) atoms. The van der Waals surface area contributed by atoms with E-state index in [1.165, 1.54) is 5.56 Å². The average molecular weight is 351 g/mol. The first-order chi connectivity index (χ1) is 11.7. The van der Waals surface area contributed by atoms with Crippen molar-refractivity contribution < 1.29 is 0 Å². The van der Waals surface area contributed by atoms with Gasteiger partial charge in [0.05, 0.1) is 6.54 Å². The summed E-state index contributed by atoms with van der Waals surface area (Å²) in [5.74, 6) is 3.02. The zero-order valence-corrected chi connectivity index (χ0v) is 15.9. The SMILES string of the molecule is CCNC(=NCc1ccnc(N2CCN(C)CC2)c1)NCCSC. The van der Waals surface area contributed by atoms with Crippen LogP contribution in [0.3, 0.4) is 0 Å². The summed E-state index contributed by atoms with van der Waals surface area (Å²) < 4.78 is 0. The summed E-state index contributed by atoms with van der Waals surface area (Å²) in [4.78, 5) is 13.9. The van der Waals surface area contributed by atoms with Crippen LogP contribution >= 0.6 is 11.8 Å². The molecular weight excluding hydrogens is 320 g/mol. The van der Waals surface area contributed by atoms with E-state index < -0.39 is 0 Å². The molecule has 1 aromatic heterocycles. The van der Waals surface area contributed by atoms with Gasteiger partial charge in [-0.3, -0.25) is 0 Å². The van der Waals surface area contributed by atoms with E-state index in [1.807, 2.05) is 18.0 Å². The number of thioether (sulfide) groups is 1. The van der Waals surface area contributed by atoms with E-state index in [0.717, 1.165) is 56.8 Å². The first kappa shape index (κ1) is 18.9. The standard InChI is InChI=1S/C17H30N6S/c1-4-18-17(20-7-12-24-3)21-14-15-5-6-19-16(13-15)23-10-8-22(2)9-11-23/h5-6,13H,4,7-12,14H2,1-3H3,(H2,18,20,21). The molecule has 7 heteroatoms. The number of rotatable bonds is 7. The predicted molar refractivity (Wildman–Crippen MR) is 105 cm³/mol. The molecule has 0 aliphatic carbocycles. The van der Waals surface area contributed by atoms with Crippen LogP contribution in [-0.4, -0.2) is 74.2 Å². The normalized spacial score (nSPS) is 16.3. The van der Waals surface area contributed by atoms with Gasteiger partial charge in [-0.05, 0) is 37.9 Å². The van der Waals surface area contributed by atoms with Crippen LogP contribution in [0.25, 0.3) is 0 Å². The lowest BCUT2D eigenvalue weighted by atomic mass is 10.2. The molecule has 0 radical (unpaired) electrons. The second-order valence-electron chi connectivity index (χ2n) is 5.93. The molecule has 1 fully saturated rings. The second kappa shape index (κ2) is 10.4. The molecule has 0 saturated carbocycles. The molecule has 0 bridgehead atoms. The van der Waals surface area contributed by atoms with E-state index in [4.69, 9.17) is 0 Å². The van der Waals surface area contributed by atoms with Gasteiger partial charge in [-0.15, -0.1) is 0 Å². The number of guanidine groups is 1. The Balaban J connectivity index is 1.95. The highest BCUT2D eigenvalue weighted by Crippen LogP contribution is 2.15. The van der Waals surface area contributed by atoms with Gasteiger partial charge >= 0.3 is 0 Å². The number of likely N-dealkylation sites (N-methyl/N-ethyl adjacent to an activating group) is 1. The van der Waals surface area contributed by atoms with Crippen molar-refractivity contribution in [3.05, 3.63) is 23.9 Å². The Kier molecular flexibility index (Phi) is 8.18. The number of nitrogens with zero attached hydrogens (tertiary/aromatic N) is 4. The van der Waals surface area contributed by atoms with Gasteiger partial charge in [-0.2, -0.15) is 11.8 Å². The Morgan fingerprint density at radius 3 is 2.79 bits per heavy atom. The minimum absolute atomic E-state index is 0.665. The van der Waals surface area contributed by atoms with Crippen molar-refractivity contribution in [3.8, 4) is 0 Å². The first-order valence-corrected chi connectivity index (χ1v) is 10.0. The van der Waals surface area contributed by atoms with Gasteiger partial charge in [0.2, 0.25) is 0 Å². The third-order valence-electron chi connectivity index (χ3n) is 4.00. The molecule has 2 heterocycles. The smallest absolute Gasteiger partial charge is 0.191 e. The molecule has 6 nitrogen and oxygen atoms in total. The van der Waals surface area contributed by atoms with Gasteiger partial charge in [-0.25, -0.2) is 9.98 Å². The largest absolute Gasteiger partial charge is 0.357 e. The van der Waals surface area contributed by atoms with Crippen LogP contribution in [0.2, 0.25) is 0 Å². The first-order valence-electron chi connectivity index (χ1n) is 8.62. The maximum absolute atomic E-state index is 4.68. The zero-order chi connectivity index (χ0) is 17.2. The lowest BCUT2D eigenvalue weighted by molar-refractivity contribution is 0.312. The molecule has 0 amide bonds. The number of hydrogen-bond donors (Lipinski definition) is 2. The van der Waals surface area contributed by atoms with Crippen LogP contribution in [0.4, 0.5) is 5.82 Å². The minimum atomic E-state index is 0.665. The van der Waals surface area contributed by atoms with Gasteiger partial charge in [-0.1, -0.05) is 0 Å². The van der Waals surface area contributed by atoms with Gasteiger partial charge in [0.1, 0.15) is 5.82 Å². The molecular formula is C17H30N6S. The van der Waals surface area contributed by atoms with Crippen LogP contribution in [-0.2, 0) is 6.54 Å². The maximum atomic E-state index is 4.68. The fourth-order valence-corrected chi connectivity index (χ4v) is 2.86. The lowest BCUT2D eigenvalue weighted by Gasteiger charge is -2.33. The van der Waals surface area contributed by atoms with E-state index in [0.29, 0.717) is 6.54 Å². The Morgan fingerprint density at radius 1 is 1.29 bits per heavy atom. The number of hydrogen-bond acceptors (Lipinski definition) is 5. The highest BCUT2D eigenvalue weighted by Gasteiger charge is 2.15. The van der Waals surface area contributed by atoms with Gasteiger partial charge in [0.15, 0.2) is 5.96 Å². The number of nitrogens with one attached hydrogen (secondary N) is 2. The van der Waals surface area contributed by atoms with Crippen molar-refractivity contribution in [1.82, 2.24) is 20.5 Å². The van der Waals surface area contributed by atoms with Crippen molar-refractivity contribution in [2.75, 3.05) is 63.2 Å². The van der Waals surface area contributed by atoms with E-state index >= 15 is 0 Å². The summed E-state index contributed by atoms with van der Waals surface area (Å²) in [5, 5.41) is 6.65. The summed E-state index contributed by atoms with van der Waals surface area (Å²) in [6.07, 6.45) is 4.01. The molecule has 134 valence electrons. The third kappa shape index (κ3) is 6.20. The van der Waals surface area contributed by atoms with Gasteiger partial charge < -0.3 is 20.4 Å². The number of aliphatic imine (C=N–C) groups is 1. The Bertz CT molecular complexity index is 514. The summed E-state index contributed by atoms with van der Waals surface area (Å²) in [6.45, 7) is 8.80. The highest BCUT2D eigenvalue weighted by molar-refractivity contribution is 7.98. The summed E-state index contributed by atoms with van der Waals surface area (Å²) >= 11 is 1.83. The van der Waals surface area contributed by atoms with Crippen LogP contribution < -0.4 is 15.5 Å². The summed E-state index contributed by atoms with van der Waals surface area (Å²) in [7, 11) is 2.17. The molecule has 0 aromatic carbocycles. The monoisotopic (exact) mass is 350 g/mol. The highest BCUT2D eigenvalue weighted by atomic mass is 32.2. The van der Waals surface area contributed by atoms with E-state index in [1.54, 1.807) is 0 Å². The molecule has 1 saturated heterocycles. The third-order valence-corrected chi connectivity index (χ3v) is 4.61. The Labute approximate surface area is 150 Å². The molecule has 2 rings (SSSR count).